The van der Waals surface area contributed by atoms with Crippen LogP contribution >= 0.6 is 0 Å². The topological polar surface area (TPSA) is 45.5 Å². The van der Waals surface area contributed by atoms with E-state index < -0.39 is 5.97 Å². The fourth-order valence-electron chi connectivity index (χ4n) is 3.59. The summed E-state index contributed by atoms with van der Waals surface area (Å²) in [6.45, 7) is 6.53. The van der Waals surface area contributed by atoms with Gasteiger partial charge in [0.05, 0.1) is 5.92 Å². The van der Waals surface area contributed by atoms with Gasteiger partial charge in [0.2, 0.25) is 0 Å². The molecule has 0 amide bonds. The molecular formula is C17H22N2O2. The van der Waals surface area contributed by atoms with Crippen molar-refractivity contribution < 1.29 is 9.90 Å². The van der Waals surface area contributed by atoms with Gasteiger partial charge in [-0.3, -0.25) is 9.69 Å². The Morgan fingerprint density at radius 1 is 1.33 bits per heavy atom. The van der Waals surface area contributed by atoms with E-state index in [-0.39, 0.29) is 11.8 Å². The van der Waals surface area contributed by atoms with Crippen LogP contribution in [0.15, 0.2) is 24.3 Å². The van der Waals surface area contributed by atoms with Crippen molar-refractivity contribution in [2.45, 2.75) is 20.4 Å². The smallest absolute Gasteiger partial charge is 0.308 e. The van der Waals surface area contributed by atoms with Crippen LogP contribution in [0.2, 0.25) is 0 Å². The number of hydrogen-bond donors (Lipinski definition) is 1. The molecule has 3 rings (SSSR count). The summed E-state index contributed by atoms with van der Waals surface area (Å²) in [5.74, 6) is -0.684. The van der Waals surface area contributed by atoms with Gasteiger partial charge in [-0.25, -0.2) is 0 Å². The normalized spacial score (nSPS) is 23.0. The third-order valence-electron chi connectivity index (χ3n) is 4.89. The number of carbonyl (C=O) groups is 1. The second-order valence-electron chi connectivity index (χ2n) is 6.26. The molecule has 0 radical (unpaired) electrons. The number of aryl methyl sites for hydroxylation is 2. The van der Waals surface area contributed by atoms with Gasteiger partial charge in [-0.2, -0.15) is 0 Å². The first kappa shape index (κ1) is 14.1. The average molecular weight is 286 g/mol. The Morgan fingerprint density at radius 3 is 2.67 bits per heavy atom. The van der Waals surface area contributed by atoms with Crippen LogP contribution in [0.1, 0.15) is 18.2 Å². The predicted molar refractivity (Wildman–Crippen MR) is 83.2 cm³/mol. The van der Waals surface area contributed by atoms with Gasteiger partial charge in [-0.05, 0) is 24.5 Å². The number of likely N-dealkylation sites (tertiary alicyclic amines) is 1. The maximum Gasteiger partial charge on any atom is 0.308 e. The van der Waals surface area contributed by atoms with Gasteiger partial charge in [0.25, 0.3) is 0 Å². The van der Waals surface area contributed by atoms with Crippen molar-refractivity contribution in [1.82, 2.24) is 9.47 Å². The lowest BCUT2D eigenvalue weighted by atomic mass is 9.99. The standard InChI is InChI=1S/C17H22N2O2/c1-11-8-19(9-14(11)17(20)21)10-16-12(2)13-6-4-5-7-15(13)18(16)3/h4-7,11,14H,8-10H2,1-3H3,(H,20,21)/t11-,14-/m1/s1. The van der Waals surface area contributed by atoms with Crippen LogP contribution in [-0.4, -0.2) is 33.6 Å². The summed E-state index contributed by atoms with van der Waals surface area (Å²) in [6, 6.07) is 8.42. The lowest BCUT2D eigenvalue weighted by Crippen LogP contribution is -2.24. The van der Waals surface area contributed by atoms with E-state index in [1.807, 2.05) is 6.92 Å². The first-order chi connectivity index (χ1) is 9.99. The third kappa shape index (κ3) is 2.33. The number of aliphatic carboxylic acids is 1. The van der Waals surface area contributed by atoms with Gasteiger partial charge in [0.1, 0.15) is 0 Å². The van der Waals surface area contributed by atoms with E-state index in [4.69, 9.17) is 0 Å². The SMILES string of the molecule is Cc1c(CN2C[C@@H](C)[C@H](C(=O)O)C2)n(C)c2ccccc12. The number of hydrogen-bond acceptors (Lipinski definition) is 2. The minimum absolute atomic E-state index is 0.220. The van der Waals surface area contributed by atoms with Crippen LogP contribution in [-0.2, 0) is 18.4 Å². The number of para-hydroxylation sites is 1. The molecule has 0 aliphatic carbocycles. The molecule has 0 unspecified atom stereocenters. The lowest BCUT2D eigenvalue weighted by molar-refractivity contribution is -0.142. The van der Waals surface area contributed by atoms with Crippen molar-refractivity contribution in [2.75, 3.05) is 13.1 Å². The van der Waals surface area contributed by atoms with Crippen molar-refractivity contribution in [1.29, 1.82) is 0 Å². The Kier molecular flexibility index (Phi) is 3.49. The number of aromatic nitrogens is 1. The predicted octanol–water partition coefficient (Wildman–Crippen LogP) is 2.64. The van der Waals surface area contributed by atoms with Gasteiger partial charge in [0, 0.05) is 43.3 Å². The number of rotatable bonds is 3. The molecule has 21 heavy (non-hydrogen) atoms. The lowest BCUT2D eigenvalue weighted by Gasteiger charge is -2.17. The Labute approximate surface area is 125 Å². The molecule has 4 heteroatoms. The number of carboxylic acids is 1. The molecule has 1 fully saturated rings. The van der Waals surface area contributed by atoms with Crippen molar-refractivity contribution in [3.05, 3.63) is 35.5 Å². The minimum Gasteiger partial charge on any atom is -0.481 e. The van der Waals surface area contributed by atoms with Crippen LogP contribution in [0.5, 0.6) is 0 Å². The largest absolute Gasteiger partial charge is 0.481 e. The molecular weight excluding hydrogens is 264 g/mol. The number of carboxylic acid groups (broad SMARTS) is 1. The van der Waals surface area contributed by atoms with Crippen molar-refractivity contribution >= 4 is 16.9 Å². The first-order valence-electron chi connectivity index (χ1n) is 7.47. The molecule has 4 nitrogen and oxygen atoms in total. The van der Waals surface area contributed by atoms with Crippen LogP contribution in [0.25, 0.3) is 10.9 Å². The zero-order chi connectivity index (χ0) is 15.1. The average Bonchev–Trinajstić information content (AvgIpc) is 2.94. The fourth-order valence-corrected chi connectivity index (χ4v) is 3.59. The Bertz CT molecular complexity index is 650. The first-order valence-corrected chi connectivity index (χ1v) is 7.47. The Hall–Kier alpha value is -1.81. The van der Waals surface area contributed by atoms with Crippen LogP contribution in [0.4, 0.5) is 0 Å². The van der Waals surface area contributed by atoms with Gasteiger partial charge < -0.3 is 9.67 Å². The van der Waals surface area contributed by atoms with Gasteiger partial charge in [-0.15, -0.1) is 0 Å². The summed E-state index contributed by atoms with van der Waals surface area (Å²) in [7, 11) is 2.10. The summed E-state index contributed by atoms with van der Waals surface area (Å²) in [4.78, 5) is 13.5. The highest BCUT2D eigenvalue weighted by atomic mass is 16.4. The van der Waals surface area contributed by atoms with E-state index in [0.29, 0.717) is 6.54 Å². The Morgan fingerprint density at radius 2 is 2.05 bits per heavy atom. The highest BCUT2D eigenvalue weighted by Gasteiger charge is 2.35. The minimum atomic E-state index is -0.668. The fraction of sp³-hybridized carbons (Fsp3) is 0.471. The molecule has 0 spiro atoms. The molecule has 2 aromatic rings. The second-order valence-corrected chi connectivity index (χ2v) is 6.26. The summed E-state index contributed by atoms with van der Waals surface area (Å²) in [6.07, 6.45) is 0. The molecule has 2 heterocycles. The Balaban J connectivity index is 1.88. The summed E-state index contributed by atoms with van der Waals surface area (Å²) in [5.41, 5.74) is 3.83. The summed E-state index contributed by atoms with van der Waals surface area (Å²) < 4.78 is 2.24. The van der Waals surface area contributed by atoms with E-state index in [1.54, 1.807) is 0 Å². The molecule has 1 aliphatic heterocycles. The molecule has 1 N–H and O–H groups in total. The zero-order valence-electron chi connectivity index (χ0n) is 12.8. The molecule has 112 valence electrons. The third-order valence-corrected chi connectivity index (χ3v) is 4.89. The van der Waals surface area contributed by atoms with Crippen molar-refractivity contribution in [3.63, 3.8) is 0 Å². The van der Waals surface area contributed by atoms with E-state index in [2.05, 4.69) is 47.7 Å². The van der Waals surface area contributed by atoms with Gasteiger partial charge in [0.15, 0.2) is 0 Å². The quantitative estimate of drug-likeness (QED) is 0.943. The molecule has 1 aromatic carbocycles. The van der Waals surface area contributed by atoms with E-state index >= 15 is 0 Å². The summed E-state index contributed by atoms with van der Waals surface area (Å²) in [5, 5.41) is 10.5. The van der Waals surface area contributed by atoms with E-state index in [1.165, 1.54) is 22.2 Å². The van der Waals surface area contributed by atoms with Crippen LogP contribution in [0.3, 0.4) is 0 Å². The molecule has 0 bridgehead atoms. The molecule has 1 saturated heterocycles. The van der Waals surface area contributed by atoms with Crippen LogP contribution < -0.4 is 0 Å². The molecule has 2 atom stereocenters. The van der Waals surface area contributed by atoms with Gasteiger partial charge >= 0.3 is 5.97 Å². The number of fused-ring (bicyclic) bond motifs is 1. The monoisotopic (exact) mass is 286 g/mol. The molecule has 1 aliphatic rings. The van der Waals surface area contributed by atoms with E-state index in [9.17, 15) is 9.90 Å². The maximum atomic E-state index is 11.3. The molecule has 1 aromatic heterocycles. The van der Waals surface area contributed by atoms with E-state index in [0.717, 1.165) is 13.1 Å². The summed E-state index contributed by atoms with van der Waals surface area (Å²) >= 11 is 0. The van der Waals surface area contributed by atoms with Gasteiger partial charge in [-0.1, -0.05) is 25.1 Å². The maximum absolute atomic E-state index is 11.3. The number of nitrogens with zero attached hydrogens (tertiary/aromatic N) is 2. The van der Waals surface area contributed by atoms with Crippen LogP contribution in [0, 0.1) is 18.8 Å². The second kappa shape index (κ2) is 5.19. The number of benzene rings is 1. The highest BCUT2D eigenvalue weighted by molar-refractivity contribution is 5.85. The van der Waals surface area contributed by atoms with Crippen molar-refractivity contribution in [3.8, 4) is 0 Å². The van der Waals surface area contributed by atoms with Crippen molar-refractivity contribution in [2.24, 2.45) is 18.9 Å². The zero-order valence-corrected chi connectivity index (χ0v) is 12.8. The molecule has 0 saturated carbocycles. The highest BCUT2D eigenvalue weighted by Crippen LogP contribution is 2.29.